The summed E-state index contributed by atoms with van der Waals surface area (Å²) in [4.78, 5) is 10.9. The SMILES string of the molecule is CCC1(CNc2cccc(OC(C)C)c2[N+](=O)[O-])CC1. The van der Waals surface area contributed by atoms with Crippen molar-refractivity contribution in [3.63, 3.8) is 0 Å². The Hall–Kier alpha value is -1.78. The third-order valence-corrected chi connectivity index (χ3v) is 3.91. The summed E-state index contributed by atoms with van der Waals surface area (Å²) in [5.41, 5.74) is 0.920. The molecule has 0 amide bonds. The normalized spacial score (nSPS) is 16.0. The van der Waals surface area contributed by atoms with Crippen LogP contribution in [0.25, 0.3) is 0 Å². The number of nitrogens with one attached hydrogen (secondary N) is 1. The number of nitro groups is 1. The van der Waals surface area contributed by atoms with Gasteiger partial charge in [-0.3, -0.25) is 10.1 Å². The van der Waals surface area contributed by atoms with E-state index in [9.17, 15) is 10.1 Å². The molecule has 1 aromatic rings. The maximum atomic E-state index is 11.3. The van der Waals surface area contributed by atoms with Crippen LogP contribution in [0.4, 0.5) is 11.4 Å². The predicted octanol–water partition coefficient (Wildman–Crippen LogP) is 3.98. The summed E-state index contributed by atoms with van der Waals surface area (Å²) < 4.78 is 5.54. The largest absolute Gasteiger partial charge is 0.484 e. The zero-order chi connectivity index (χ0) is 14.8. The fourth-order valence-electron chi connectivity index (χ4n) is 2.32. The summed E-state index contributed by atoms with van der Waals surface area (Å²) in [5.74, 6) is 0.330. The summed E-state index contributed by atoms with van der Waals surface area (Å²) in [6.45, 7) is 6.68. The fourth-order valence-corrected chi connectivity index (χ4v) is 2.32. The number of benzene rings is 1. The van der Waals surface area contributed by atoms with Gasteiger partial charge < -0.3 is 10.1 Å². The van der Waals surface area contributed by atoms with Gasteiger partial charge in [0.1, 0.15) is 5.69 Å². The molecule has 1 fully saturated rings. The minimum atomic E-state index is -0.369. The van der Waals surface area contributed by atoms with E-state index in [0.717, 1.165) is 13.0 Å². The fraction of sp³-hybridized carbons (Fsp3) is 0.600. The Morgan fingerprint density at radius 3 is 2.65 bits per heavy atom. The number of nitro benzene ring substituents is 1. The summed E-state index contributed by atoms with van der Waals surface area (Å²) in [5, 5.41) is 14.6. The third kappa shape index (κ3) is 3.21. The highest BCUT2D eigenvalue weighted by atomic mass is 16.6. The molecule has 0 spiro atoms. The predicted molar refractivity (Wildman–Crippen MR) is 79.3 cm³/mol. The molecule has 0 saturated heterocycles. The lowest BCUT2D eigenvalue weighted by molar-refractivity contribution is -0.385. The van der Waals surface area contributed by atoms with E-state index in [4.69, 9.17) is 4.74 Å². The highest BCUT2D eigenvalue weighted by Gasteiger charge is 2.40. The van der Waals surface area contributed by atoms with Crippen LogP contribution < -0.4 is 10.1 Å². The lowest BCUT2D eigenvalue weighted by Gasteiger charge is -2.16. The van der Waals surface area contributed by atoms with Gasteiger partial charge in [0.15, 0.2) is 5.75 Å². The van der Waals surface area contributed by atoms with Gasteiger partial charge in [0.2, 0.25) is 0 Å². The van der Waals surface area contributed by atoms with E-state index in [0.29, 0.717) is 16.9 Å². The topological polar surface area (TPSA) is 64.4 Å². The molecule has 2 rings (SSSR count). The second-order valence-electron chi connectivity index (χ2n) is 5.78. The molecule has 5 nitrogen and oxygen atoms in total. The van der Waals surface area contributed by atoms with Crippen LogP contribution in [0.1, 0.15) is 40.0 Å². The van der Waals surface area contributed by atoms with Crippen molar-refractivity contribution in [3.05, 3.63) is 28.3 Å². The number of ether oxygens (including phenoxy) is 1. The number of nitrogens with zero attached hydrogens (tertiary/aromatic N) is 1. The third-order valence-electron chi connectivity index (χ3n) is 3.91. The van der Waals surface area contributed by atoms with Crippen LogP contribution in [0.5, 0.6) is 5.75 Å². The molecule has 0 radical (unpaired) electrons. The molecule has 0 bridgehead atoms. The summed E-state index contributed by atoms with van der Waals surface area (Å²) >= 11 is 0. The van der Waals surface area contributed by atoms with Crippen LogP contribution in [0.2, 0.25) is 0 Å². The Balaban J connectivity index is 2.20. The molecule has 0 heterocycles. The molecule has 1 N–H and O–H groups in total. The molecular weight excluding hydrogens is 256 g/mol. The van der Waals surface area contributed by atoms with Crippen LogP contribution in [0.15, 0.2) is 18.2 Å². The van der Waals surface area contributed by atoms with E-state index in [2.05, 4.69) is 12.2 Å². The van der Waals surface area contributed by atoms with E-state index in [-0.39, 0.29) is 16.7 Å². The van der Waals surface area contributed by atoms with Crippen molar-refractivity contribution >= 4 is 11.4 Å². The van der Waals surface area contributed by atoms with Gasteiger partial charge in [0.25, 0.3) is 0 Å². The number of hydrogen-bond acceptors (Lipinski definition) is 4. The first-order valence-electron chi connectivity index (χ1n) is 7.15. The van der Waals surface area contributed by atoms with Gasteiger partial charge >= 0.3 is 5.69 Å². The Morgan fingerprint density at radius 1 is 1.45 bits per heavy atom. The molecular formula is C15H22N2O3. The van der Waals surface area contributed by atoms with Gasteiger partial charge in [-0.15, -0.1) is 0 Å². The van der Waals surface area contributed by atoms with Crippen molar-refractivity contribution in [2.75, 3.05) is 11.9 Å². The van der Waals surface area contributed by atoms with Crippen LogP contribution in [0.3, 0.4) is 0 Å². The maximum Gasteiger partial charge on any atom is 0.333 e. The molecule has 1 aliphatic rings. The van der Waals surface area contributed by atoms with Crippen molar-refractivity contribution < 1.29 is 9.66 Å². The molecule has 0 aliphatic heterocycles. The average Bonchev–Trinajstić information content (AvgIpc) is 3.16. The summed E-state index contributed by atoms with van der Waals surface area (Å²) in [7, 11) is 0. The number of hydrogen-bond donors (Lipinski definition) is 1. The van der Waals surface area contributed by atoms with E-state index in [1.807, 2.05) is 13.8 Å². The number of rotatable bonds is 7. The molecule has 0 aromatic heterocycles. The zero-order valence-electron chi connectivity index (χ0n) is 12.3. The van der Waals surface area contributed by atoms with Crippen LogP contribution in [-0.4, -0.2) is 17.6 Å². The number of para-hydroxylation sites is 1. The van der Waals surface area contributed by atoms with E-state index < -0.39 is 0 Å². The first-order chi connectivity index (χ1) is 9.47. The van der Waals surface area contributed by atoms with E-state index >= 15 is 0 Å². The van der Waals surface area contributed by atoms with Crippen molar-refractivity contribution in [2.45, 2.75) is 46.1 Å². The van der Waals surface area contributed by atoms with Crippen LogP contribution in [-0.2, 0) is 0 Å². The average molecular weight is 278 g/mol. The molecule has 1 aromatic carbocycles. The van der Waals surface area contributed by atoms with E-state index in [1.54, 1.807) is 18.2 Å². The van der Waals surface area contributed by atoms with Crippen LogP contribution >= 0.6 is 0 Å². The van der Waals surface area contributed by atoms with Crippen molar-refractivity contribution in [3.8, 4) is 5.75 Å². The Kier molecular flexibility index (Phi) is 4.16. The molecule has 0 unspecified atom stereocenters. The minimum absolute atomic E-state index is 0.0353. The molecule has 5 heteroatoms. The highest BCUT2D eigenvalue weighted by molar-refractivity contribution is 5.68. The minimum Gasteiger partial charge on any atom is -0.484 e. The Labute approximate surface area is 119 Å². The van der Waals surface area contributed by atoms with Gasteiger partial charge in [-0.2, -0.15) is 0 Å². The second kappa shape index (κ2) is 5.69. The quantitative estimate of drug-likeness (QED) is 0.605. The van der Waals surface area contributed by atoms with Gasteiger partial charge in [-0.1, -0.05) is 13.0 Å². The van der Waals surface area contributed by atoms with Crippen molar-refractivity contribution in [2.24, 2.45) is 5.41 Å². The van der Waals surface area contributed by atoms with E-state index in [1.165, 1.54) is 12.8 Å². The molecule has 1 saturated carbocycles. The summed E-state index contributed by atoms with van der Waals surface area (Å²) in [6.07, 6.45) is 3.42. The maximum absolute atomic E-state index is 11.3. The summed E-state index contributed by atoms with van der Waals surface area (Å²) in [6, 6.07) is 5.19. The first kappa shape index (κ1) is 14.6. The standard InChI is InChI=1S/C15H22N2O3/c1-4-15(8-9-15)10-16-12-6-5-7-13(20-11(2)3)14(12)17(18)19/h5-7,11,16H,4,8-10H2,1-3H3. The molecule has 20 heavy (non-hydrogen) atoms. The lowest BCUT2D eigenvalue weighted by Crippen LogP contribution is -2.16. The first-order valence-corrected chi connectivity index (χ1v) is 7.15. The molecule has 0 atom stereocenters. The van der Waals surface area contributed by atoms with Crippen molar-refractivity contribution in [1.29, 1.82) is 0 Å². The van der Waals surface area contributed by atoms with Gasteiger partial charge in [0, 0.05) is 6.54 Å². The zero-order valence-corrected chi connectivity index (χ0v) is 12.3. The van der Waals surface area contributed by atoms with Crippen molar-refractivity contribution in [1.82, 2.24) is 0 Å². The Bertz CT molecular complexity index is 496. The Morgan fingerprint density at radius 2 is 2.15 bits per heavy atom. The molecule has 1 aliphatic carbocycles. The smallest absolute Gasteiger partial charge is 0.333 e. The van der Waals surface area contributed by atoms with Crippen LogP contribution in [0, 0.1) is 15.5 Å². The highest BCUT2D eigenvalue weighted by Crippen LogP contribution is 2.49. The molecule has 110 valence electrons. The second-order valence-corrected chi connectivity index (χ2v) is 5.78. The van der Waals surface area contributed by atoms with Gasteiger partial charge in [-0.25, -0.2) is 0 Å². The monoisotopic (exact) mass is 278 g/mol. The lowest BCUT2D eigenvalue weighted by atomic mass is 10.0. The number of anilines is 1. The van der Waals surface area contributed by atoms with Gasteiger partial charge in [-0.05, 0) is 50.7 Å². The van der Waals surface area contributed by atoms with Gasteiger partial charge in [0.05, 0.1) is 11.0 Å².